The fourth-order valence-corrected chi connectivity index (χ4v) is 3.90. The number of H-pyrrole nitrogens is 1. The van der Waals surface area contributed by atoms with Crippen molar-refractivity contribution in [2.24, 2.45) is 0 Å². The lowest BCUT2D eigenvalue weighted by Crippen LogP contribution is -2.35. The van der Waals surface area contributed by atoms with Gasteiger partial charge in [-0.2, -0.15) is 0 Å². The van der Waals surface area contributed by atoms with Gasteiger partial charge in [0.05, 0.1) is 11.9 Å². The van der Waals surface area contributed by atoms with E-state index in [0.717, 1.165) is 10.1 Å². The molecule has 23 heavy (non-hydrogen) atoms. The Bertz CT molecular complexity index is 1000. The number of rotatable bonds is 3. The molecule has 0 radical (unpaired) electrons. The van der Waals surface area contributed by atoms with E-state index in [2.05, 4.69) is 20.9 Å². The van der Waals surface area contributed by atoms with Gasteiger partial charge >= 0.3 is 5.69 Å². The first-order valence-corrected chi connectivity index (χ1v) is 8.74. The van der Waals surface area contributed by atoms with Crippen LogP contribution >= 0.6 is 27.3 Å². The molecule has 1 aromatic carbocycles. The van der Waals surface area contributed by atoms with E-state index in [9.17, 15) is 14.0 Å². The molecule has 3 aromatic rings. The third-order valence-electron chi connectivity index (χ3n) is 3.71. The Morgan fingerprint density at radius 1 is 1.35 bits per heavy atom. The van der Waals surface area contributed by atoms with E-state index in [-0.39, 0.29) is 18.0 Å². The molecule has 0 atom stereocenters. The van der Waals surface area contributed by atoms with E-state index in [4.69, 9.17) is 0 Å². The molecule has 2 heterocycles. The van der Waals surface area contributed by atoms with Crippen molar-refractivity contribution in [3.8, 4) is 0 Å². The van der Waals surface area contributed by atoms with E-state index in [1.807, 2.05) is 19.2 Å². The number of benzene rings is 1. The van der Waals surface area contributed by atoms with E-state index in [0.29, 0.717) is 20.3 Å². The van der Waals surface area contributed by atoms with Gasteiger partial charge in [0.25, 0.3) is 5.56 Å². The van der Waals surface area contributed by atoms with Crippen LogP contribution in [0.3, 0.4) is 0 Å². The number of halogens is 2. The summed E-state index contributed by atoms with van der Waals surface area (Å²) < 4.78 is 15.7. The standard InChI is InChI=1S/C16H14BrFN2O2S/c1-8(2)11-7-23-14-13(11)15(21)20(16(22)19-14)6-9-3-4-10(17)5-12(9)18/h3-5,7-8H,6H2,1-2H3,(H,19,22). The quantitative estimate of drug-likeness (QED) is 0.731. The molecule has 4 nitrogen and oxygen atoms in total. The summed E-state index contributed by atoms with van der Waals surface area (Å²) in [6, 6.07) is 4.56. The Balaban J connectivity index is 2.19. The van der Waals surface area contributed by atoms with Crippen molar-refractivity contribution >= 4 is 37.5 Å². The van der Waals surface area contributed by atoms with Crippen molar-refractivity contribution in [1.82, 2.24) is 9.55 Å². The number of hydrogen-bond acceptors (Lipinski definition) is 3. The van der Waals surface area contributed by atoms with Gasteiger partial charge in [-0.05, 0) is 29.0 Å². The van der Waals surface area contributed by atoms with Crippen LogP contribution in [0.4, 0.5) is 4.39 Å². The summed E-state index contributed by atoms with van der Waals surface area (Å²) in [6.07, 6.45) is 0. The number of fused-ring (bicyclic) bond motifs is 1. The second-order valence-corrected chi connectivity index (χ2v) is 7.40. The zero-order chi connectivity index (χ0) is 16.7. The van der Waals surface area contributed by atoms with Gasteiger partial charge in [0.15, 0.2) is 0 Å². The average molecular weight is 397 g/mol. The summed E-state index contributed by atoms with van der Waals surface area (Å²) >= 11 is 4.53. The highest BCUT2D eigenvalue weighted by Gasteiger charge is 2.16. The van der Waals surface area contributed by atoms with Gasteiger partial charge in [-0.15, -0.1) is 11.3 Å². The van der Waals surface area contributed by atoms with Crippen molar-refractivity contribution in [2.45, 2.75) is 26.3 Å². The lowest BCUT2D eigenvalue weighted by atomic mass is 10.0. The van der Waals surface area contributed by atoms with E-state index < -0.39 is 11.5 Å². The van der Waals surface area contributed by atoms with E-state index >= 15 is 0 Å². The Morgan fingerprint density at radius 3 is 2.74 bits per heavy atom. The number of nitrogens with zero attached hydrogens (tertiary/aromatic N) is 1. The van der Waals surface area contributed by atoms with Gasteiger partial charge in [0.1, 0.15) is 10.6 Å². The maximum atomic E-state index is 14.0. The van der Waals surface area contributed by atoms with Gasteiger partial charge in [-0.1, -0.05) is 35.8 Å². The Hall–Kier alpha value is -1.73. The number of thiophene rings is 1. The number of nitrogens with one attached hydrogen (secondary N) is 1. The third kappa shape index (κ3) is 2.90. The highest BCUT2D eigenvalue weighted by Crippen LogP contribution is 2.26. The van der Waals surface area contributed by atoms with Crippen molar-refractivity contribution in [2.75, 3.05) is 0 Å². The van der Waals surface area contributed by atoms with Crippen molar-refractivity contribution in [3.63, 3.8) is 0 Å². The van der Waals surface area contributed by atoms with Gasteiger partial charge < -0.3 is 0 Å². The average Bonchev–Trinajstić information content (AvgIpc) is 2.89. The molecule has 1 N–H and O–H groups in total. The molecule has 7 heteroatoms. The highest BCUT2D eigenvalue weighted by atomic mass is 79.9. The molecule has 0 saturated carbocycles. The highest BCUT2D eigenvalue weighted by molar-refractivity contribution is 9.10. The van der Waals surface area contributed by atoms with Crippen molar-refractivity contribution in [1.29, 1.82) is 0 Å². The molecular weight excluding hydrogens is 383 g/mol. The molecule has 0 bridgehead atoms. The number of hydrogen-bond donors (Lipinski definition) is 1. The van der Waals surface area contributed by atoms with Crippen LogP contribution in [-0.4, -0.2) is 9.55 Å². The number of aromatic amines is 1. The molecule has 0 unspecified atom stereocenters. The normalized spacial score (nSPS) is 11.5. The van der Waals surface area contributed by atoms with Gasteiger partial charge in [-0.25, -0.2) is 9.18 Å². The number of aromatic nitrogens is 2. The molecule has 2 aromatic heterocycles. The predicted molar refractivity (Wildman–Crippen MR) is 94.0 cm³/mol. The minimum absolute atomic E-state index is 0.101. The van der Waals surface area contributed by atoms with Crippen LogP contribution in [0, 0.1) is 5.82 Å². The zero-order valence-electron chi connectivity index (χ0n) is 12.5. The summed E-state index contributed by atoms with van der Waals surface area (Å²) in [6.45, 7) is 3.88. The second kappa shape index (κ2) is 6.05. The first-order valence-electron chi connectivity index (χ1n) is 7.06. The third-order valence-corrected chi connectivity index (χ3v) is 5.12. The van der Waals surface area contributed by atoms with Crippen molar-refractivity contribution < 1.29 is 4.39 Å². The first kappa shape index (κ1) is 16.1. The van der Waals surface area contributed by atoms with Gasteiger partial charge in [0, 0.05) is 10.0 Å². The second-order valence-electron chi connectivity index (χ2n) is 5.61. The molecule has 0 spiro atoms. The molecule has 3 rings (SSSR count). The minimum atomic E-state index is -0.526. The van der Waals surface area contributed by atoms with Crippen LogP contribution in [0.25, 0.3) is 10.2 Å². The topological polar surface area (TPSA) is 54.9 Å². The van der Waals surface area contributed by atoms with Gasteiger partial charge in [0.2, 0.25) is 0 Å². The predicted octanol–water partition coefficient (Wildman–Crippen LogP) is 3.82. The minimum Gasteiger partial charge on any atom is -0.298 e. The lowest BCUT2D eigenvalue weighted by Gasteiger charge is -2.08. The maximum Gasteiger partial charge on any atom is 0.329 e. The molecule has 0 aliphatic carbocycles. The largest absolute Gasteiger partial charge is 0.329 e. The summed E-state index contributed by atoms with van der Waals surface area (Å²) in [5.41, 5.74) is 0.288. The smallest absolute Gasteiger partial charge is 0.298 e. The molecule has 0 saturated heterocycles. The summed E-state index contributed by atoms with van der Waals surface area (Å²) in [5, 5.41) is 2.40. The fraction of sp³-hybridized carbons (Fsp3) is 0.250. The monoisotopic (exact) mass is 396 g/mol. The summed E-state index contributed by atoms with van der Waals surface area (Å²) in [4.78, 5) is 28.2. The summed E-state index contributed by atoms with van der Waals surface area (Å²) in [7, 11) is 0. The van der Waals surface area contributed by atoms with Crippen LogP contribution in [0.15, 0.2) is 37.6 Å². The molecule has 0 aliphatic rings. The van der Waals surface area contributed by atoms with Crippen LogP contribution < -0.4 is 11.2 Å². The lowest BCUT2D eigenvalue weighted by molar-refractivity contribution is 0.590. The van der Waals surface area contributed by atoms with Crippen LogP contribution in [-0.2, 0) is 6.54 Å². The molecular formula is C16H14BrFN2O2S. The SMILES string of the molecule is CC(C)c1csc2[nH]c(=O)n(Cc3ccc(Br)cc3F)c(=O)c12. The molecule has 0 amide bonds. The first-order chi connectivity index (χ1) is 10.9. The van der Waals surface area contributed by atoms with Crippen molar-refractivity contribution in [3.05, 3.63) is 65.8 Å². The van der Waals surface area contributed by atoms with Crippen LogP contribution in [0.1, 0.15) is 30.9 Å². The zero-order valence-corrected chi connectivity index (χ0v) is 14.9. The molecule has 0 fully saturated rings. The van der Waals surface area contributed by atoms with Crippen LogP contribution in [0.2, 0.25) is 0 Å². The van der Waals surface area contributed by atoms with E-state index in [1.54, 1.807) is 12.1 Å². The maximum absolute atomic E-state index is 14.0. The fourth-order valence-electron chi connectivity index (χ4n) is 2.46. The van der Waals surface area contributed by atoms with Gasteiger partial charge in [-0.3, -0.25) is 14.3 Å². The summed E-state index contributed by atoms with van der Waals surface area (Å²) in [5.74, 6) is -0.291. The van der Waals surface area contributed by atoms with E-state index in [1.165, 1.54) is 17.4 Å². The van der Waals surface area contributed by atoms with Crippen LogP contribution in [0.5, 0.6) is 0 Å². The Morgan fingerprint density at radius 2 is 2.09 bits per heavy atom. The molecule has 0 aliphatic heterocycles. The Labute approximate surface area is 143 Å². The Kier molecular flexibility index (Phi) is 4.25. The molecule has 120 valence electrons.